The van der Waals surface area contributed by atoms with Crippen molar-refractivity contribution in [1.82, 2.24) is 9.21 Å². The van der Waals surface area contributed by atoms with E-state index < -0.39 is 10.0 Å². The van der Waals surface area contributed by atoms with E-state index in [1.807, 2.05) is 30.8 Å². The Labute approximate surface area is 142 Å². The van der Waals surface area contributed by atoms with Crippen LogP contribution in [0.15, 0.2) is 23.1 Å². The highest BCUT2D eigenvalue weighted by atomic mass is 35.5. The maximum absolute atomic E-state index is 13.1. The Bertz CT molecular complexity index is 620. The van der Waals surface area contributed by atoms with E-state index in [0.717, 1.165) is 24.5 Å². The van der Waals surface area contributed by atoms with Gasteiger partial charge in [-0.15, -0.1) is 0 Å². The molecule has 22 heavy (non-hydrogen) atoms. The molecular weight excluding hydrogens is 340 g/mol. The minimum absolute atomic E-state index is 0.00844. The van der Waals surface area contributed by atoms with E-state index in [1.165, 1.54) is 0 Å². The van der Waals surface area contributed by atoms with E-state index in [2.05, 4.69) is 0 Å². The Morgan fingerprint density at radius 2 is 2.14 bits per heavy atom. The van der Waals surface area contributed by atoms with Crippen LogP contribution in [0.1, 0.15) is 12.0 Å². The fraction of sp³-hybridized carbons (Fsp3) is 0.600. The van der Waals surface area contributed by atoms with Gasteiger partial charge in [-0.3, -0.25) is 0 Å². The van der Waals surface area contributed by atoms with Crippen LogP contribution in [-0.4, -0.2) is 62.4 Å². The summed E-state index contributed by atoms with van der Waals surface area (Å²) in [7, 11) is 0.430. The largest absolute Gasteiger partial charge is 0.308 e. The molecule has 0 unspecified atom stereocenters. The molecule has 124 valence electrons. The number of hydrogen-bond donors (Lipinski definition) is 0. The number of thioether (sulfide) groups is 1. The van der Waals surface area contributed by atoms with Gasteiger partial charge in [0.1, 0.15) is 0 Å². The molecule has 0 radical (unpaired) electrons. The molecular formula is C15H23ClN2O2S2. The van der Waals surface area contributed by atoms with Gasteiger partial charge in [0.25, 0.3) is 0 Å². The van der Waals surface area contributed by atoms with Crippen LogP contribution in [0.4, 0.5) is 0 Å². The van der Waals surface area contributed by atoms with Crippen LogP contribution in [0.5, 0.6) is 0 Å². The molecule has 0 N–H and O–H groups in total. The first kappa shape index (κ1) is 18.1. The number of benzene rings is 1. The van der Waals surface area contributed by atoms with E-state index >= 15 is 0 Å². The zero-order valence-corrected chi connectivity index (χ0v) is 15.6. The second-order valence-corrected chi connectivity index (χ2v) is 9.24. The number of nitrogens with zero attached hydrogens (tertiary/aromatic N) is 2. The van der Waals surface area contributed by atoms with Gasteiger partial charge in [-0.2, -0.15) is 16.1 Å². The quantitative estimate of drug-likeness (QED) is 0.825. The first-order valence-electron chi connectivity index (χ1n) is 7.33. The third-order valence-corrected chi connectivity index (χ3v) is 7.47. The van der Waals surface area contributed by atoms with Gasteiger partial charge in [0.15, 0.2) is 0 Å². The number of halogens is 1. The molecule has 0 aliphatic carbocycles. The third-order valence-electron chi connectivity index (χ3n) is 3.77. The minimum atomic E-state index is -3.52. The van der Waals surface area contributed by atoms with Crippen molar-refractivity contribution in [1.29, 1.82) is 0 Å². The van der Waals surface area contributed by atoms with Gasteiger partial charge in [0, 0.05) is 29.9 Å². The van der Waals surface area contributed by atoms with Crippen LogP contribution in [0.2, 0.25) is 5.02 Å². The Morgan fingerprint density at radius 3 is 2.82 bits per heavy atom. The van der Waals surface area contributed by atoms with E-state index in [1.54, 1.807) is 29.4 Å². The van der Waals surface area contributed by atoms with Crippen LogP contribution in [0, 0.1) is 6.92 Å². The fourth-order valence-electron chi connectivity index (χ4n) is 2.68. The molecule has 1 atom stereocenters. The zero-order chi connectivity index (χ0) is 16.3. The zero-order valence-electron chi connectivity index (χ0n) is 13.3. The summed E-state index contributed by atoms with van der Waals surface area (Å²) in [5, 5.41) is 0.495. The summed E-state index contributed by atoms with van der Waals surface area (Å²) < 4.78 is 28.0. The van der Waals surface area contributed by atoms with E-state index in [-0.39, 0.29) is 6.04 Å². The molecule has 1 heterocycles. The maximum atomic E-state index is 13.1. The highest BCUT2D eigenvalue weighted by Crippen LogP contribution is 2.29. The molecule has 1 saturated heterocycles. The Morgan fingerprint density at radius 1 is 1.41 bits per heavy atom. The molecule has 1 aromatic rings. The number of hydrogen-bond acceptors (Lipinski definition) is 4. The standard InChI is InChI=1S/C15H23ClN2O2S2/c1-12-14(16)6-4-7-15(12)22(19,20)18-8-5-9-21-11-13(18)10-17(2)3/h4,6-7,13H,5,8-11H2,1-3H3/t13-/m1/s1. The van der Waals surface area contributed by atoms with Gasteiger partial charge >= 0.3 is 0 Å². The molecule has 0 bridgehead atoms. The molecule has 7 heteroatoms. The second-order valence-electron chi connectivity index (χ2n) is 5.82. The van der Waals surface area contributed by atoms with Crippen molar-refractivity contribution in [3.8, 4) is 0 Å². The van der Waals surface area contributed by atoms with Gasteiger partial charge < -0.3 is 4.90 Å². The van der Waals surface area contributed by atoms with Gasteiger partial charge in [-0.05, 0) is 50.9 Å². The van der Waals surface area contributed by atoms with Crippen LogP contribution in [-0.2, 0) is 10.0 Å². The summed E-state index contributed by atoms with van der Waals surface area (Å²) in [5.74, 6) is 1.83. The minimum Gasteiger partial charge on any atom is -0.308 e. The molecule has 1 aliphatic rings. The Kier molecular flexibility index (Phi) is 6.19. The van der Waals surface area contributed by atoms with E-state index in [9.17, 15) is 8.42 Å². The molecule has 4 nitrogen and oxygen atoms in total. The van der Waals surface area contributed by atoms with Crippen molar-refractivity contribution in [3.05, 3.63) is 28.8 Å². The molecule has 0 aromatic heterocycles. The average molecular weight is 363 g/mol. The summed E-state index contributed by atoms with van der Waals surface area (Å²) >= 11 is 7.95. The SMILES string of the molecule is Cc1c(Cl)cccc1S(=O)(=O)N1CCCSC[C@H]1CN(C)C. The van der Waals surface area contributed by atoms with Gasteiger partial charge in [-0.1, -0.05) is 17.7 Å². The summed E-state index contributed by atoms with van der Waals surface area (Å²) in [4.78, 5) is 2.37. The number of sulfonamides is 1. The second kappa shape index (κ2) is 7.53. The van der Waals surface area contributed by atoms with Crippen molar-refractivity contribution < 1.29 is 8.42 Å². The van der Waals surface area contributed by atoms with Crippen LogP contribution >= 0.6 is 23.4 Å². The van der Waals surface area contributed by atoms with Gasteiger partial charge in [0.2, 0.25) is 10.0 Å². The lowest BCUT2D eigenvalue weighted by Crippen LogP contribution is -2.46. The van der Waals surface area contributed by atoms with Gasteiger partial charge in [-0.25, -0.2) is 8.42 Å². The smallest absolute Gasteiger partial charge is 0.243 e. The Hall–Kier alpha value is -0.270. The highest BCUT2D eigenvalue weighted by molar-refractivity contribution is 7.99. The van der Waals surface area contributed by atoms with Crippen LogP contribution in [0.3, 0.4) is 0 Å². The van der Waals surface area contributed by atoms with Crippen molar-refractivity contribution in [2.75, 3.05) is 38.7 Å². The lowest BCUT2D eigenvalue weighted by molar-refractivity contribution is 0.271. The third kappa shape index (κ3) is 3.97. The molecule has 0 saturated carbocycles. The van der Waals surface area contributed by atoms with Crippen molar-refractivity contribution in [3.63, 3.8) is 0 Å². The maximum Gasteiger partial charge on any atom is 0.243 e. The predicted molar refractivity (Wildman–Crippen MR) is 94.4 cm³/mol. The van der Waals surface area contributed by atoms with Crippen molar-refractivity contribution in [2.24, 2.45) is 0 Å². The molecule has 0 amide bonds. The summed E-state index contributed by atoms with van der Waals surface area (Å²) in [6.45, 7) is 3.06. The summed E-state index contributed by atoms with van der Waals surface area (Å²) in [6.07, 6.45) is 0.882. The van der Waals surface area contributed by atoms with E-state index in [0.29, 0.717) is 22.0 Å². The molecule has 2 rings (SSSR count). The highest BCUT2D eigenvalue weighted by Gasteiger charge is 2.34. The number of likely N-dealkylation sites (N-methyl/N-ethyl adjacent to an activating group) is 1. The first-order chi connectivity index (χ1) is 10.3. The lowest BCUT2D eigenvalue weighted by Gasteiger charge is -2.31. The average Bonchev–Trinajstić information content (AvgIpc) is 2.67. The first-order valence-corrected chi connectivity index (χ1v) is 10.3. The number of rotatable bonds is 4. The van der Waals surface area contributed by atoms with Gasteiger partial charge in [0.05, 0.1) is 4.90 Å². The normalized spacial score (nSPS) is 21.0. The monoisotopic (exact) mass is 362 g/mol. The fourth-order valence-corrected chi connectivity index (χ4v) is 5.97. The van der Waals surface area contributed by atoms with Crippen LogP contribution in [0.25, 0.3) is 0 Å². The molecule has 1 fully saturated rings. The van der Waals surface area contributed by atoms with Crippen molar-refractivity contribution >= 4 is 33.4 Å². The molecule has 1 aromatic carbocycles. The van der Waals surface area contributed by atoms with Crippen LogP contribution < -0.4 is 0 Å². The van der Waals surface area contributed by atoms with Crippen molar-refractivity contribution in [2.45, 2.75) is 24.3 Å². The molecule has 1 aliphatic heterocycles. The summed E-state index contributed by atoms with van der Waals surface area (Å²) in [5.41, 5.74) is 0.629. The Balaban J connectivity index is 2.41. The predicted octanol–water partition coefficient (Wildman–Crippen LogP) is 2.71. The lowest BCUT2D eigenvalue weighted by atomic mass is 10.2. The molecule has 0 spiro atoms. The van der Waals surface area contributed by atoms with E-state index in [4.69, 9.17) is 11.6 Å². The topological polar surface area (TPSA) is 40.6 Å². The summed E-state index contributed by atoms with van der Waals surface area (Å²) in [6, 6.07) is 5.08.